The topological polar surface area (TPSA) is 29.1 Å². The summed E-state index contributed by atoms with van der Waals surface area (Å²) >= 11 is 9.16. The van der Waals surface area contributed by atoms with Crippen molar-refractivity contribution in [2.45, 2.75) is 24.3 Å². The van der Waals surface area contributed by atoms with Crippen molar-refractivity contribution in [3.05, 3.63) is 51.7 Å². The minimum Gasteiger partial charge on any atom is -0.349 e. The average Bonchev–Trinajstić information content (AvgIpc) is 2.95. The van der Waals surface area contributed by atoms with Gasteiger partial charge in [0, 0.05) is 27.0 Å². The van der Waals surface area contributed by atoms with Gasteiger partial charge < -0.3 is 5.32 Å². The lowest BCUT2D eigenvalue weighted by Gasteiger charge is -2.12. The highest BCUT2D eigenvalue weighted by Crippen LogP contribution is 2.21. The summed E-state index contributed by atoms with van der Waals surface area (Å²) in [7, 11) is 0. The fourth-order valence-electron chi connectivity index (χ4n) is 1.71. The summed E-state index contributed by atoms with van der Waals surface area (Å²) in [5.41, 5.74) is 0. The van der Waals surface area contributed by atoms with E-state index in [0.717, 1.165) is 15.7 Å². The number of benzene rings is 1. The van der Waals surface area contributed by atoms with Gasteiger partial charge in [-0.2, -0.15) is 0 Å². The highest BCUT2D eigenvalue weighted by molar-refractivity contribution is 7.99. The first kappa shape index (κ1) is 15.4. The highest BCUT2D eigenvalue weighted by atomic mass is 35.5. The normalized spacial score (nSPS) is 12.1. The van der Waals surface area contributed by atoms with Crippen LogP contribution in [0.1, 0.15) is 24.3 Å². The molecule has 0 aliphatic rings. The van der Waals surface area contributed by atoms with E-state index in [1.807, 2.05) is 48.7 Å². The van der Waals surface area contributed by atoms with Gasteiger partial charge in [0.1, 0.15) is 0 Å². The molecule has 0 fully saturated rings. The van der Waals surface area contributed by atoms with E-state index in [2.05, 4.69) is 5.32 Å². The van der Waals surface area contributed by atoms with Crippen LogP contribution < -0.4 is 5.32 Å². The number of hydrogen-bond donors (Lipinski definition) is 1. The van der Waals surface area contributed by atoms with E-state index in [9.17, 15) is 4.79 Å². The molecule has 0 saturated carbocycles. The highest BCUT2D eigenvalue weighted by Gasteiger charge is 2.10. The number of halogens is 1. The zero-order valence-corrected chi connectivity index (χ0v) is 13.5. The van der Waals surface area contributed by atoms with Crippen LogP contribution in [0.4, 0.5) is 0 Å². The Balaban J connectivity index is 1.71. The van der Waals surface area contributed by atoms with Crippen molar-refractivity contribution in [2.24, 2.45) is 0 Å². The van der Waals surface area contributed by atoms with Gasteiger partial charge in [-0.3, -0.25) is 4.79 Å². The van der Waals surface area contributed by atoms with Crippen LogP contribution in [0.5, 0.6) is 0 Å². The van der Waals surface area contributed by atoms with Crippen LogP contribution in [0.15, 0.2) is 46.7 Å². The molecular formula is C15H16ClNOS2. The third kappa shape index (κ3) is 4.85. The van der Waals surface area contributed by atoms with Gasteiger partial charge in [0.05, 0.1) is 6.04 Å². The zero-order chi connectivity index (χ0) is 14.4. The van der Waals surface area contributed by atoms with E-state index >= 15 is 0 Å². The molecule has 1 N–H and O–H groups in total. The summed E-state index contributed by atoms with van der Waals surface area (Å²) in [5, 5.41) is 5.77. The lowest BCUT2D eigenvalue weighted by Crippen LogP contribution is -2.26. The van der Waals surface area contributed by atoms with Crippen molar-refractivity contribution in [3.63, 3.8) is 0 Å². The number of rotatable bonds is 6. The van der Waals surface area contributed by atoms with Crippen LogP contribution in [-0.4, -0.2) is 11.7 Å². The molecule has 1 heterocycles. The largest absolute Gasteiger partial charge is 0.349 e. The maximum atomic E-state index is 11.9. The molecule has 2 nitrogen and oxygen atoms in total. The fourth-order valence-corrected chi connectivity index (χ4v) is 3.43. The van der Waals surface area contributed by atoms with Crippen molar-refractivity contribution in [2.75, 3.05) is 5.75 Å². The molecule has 0 saturated heterocycles. The number of amides is 1. The molecule has 0 aliphatic carbocycles. The Morgan fingerprint density at radius 3 is 2.75 bits per heavy atom. The van der Waals surface area contributed by atoms with Crippen molar-refractivity contribution in [1.82, 2.24) is 5.32 Å². The molecule has 0 spiro atoms. The molecule has 2 rings (SSSR count). The molecule has 0 bridgehead atoms. The van der Waals surface area contributed by atoms with Crippen molar-refractivity contribution >= 4 is 40.6 Å². The smallest absolute Gasteiger partial charge is 0.221 e. The fraction of sp³-hybridized carbons (Fsp3) is 0.267. The molecule has 1 aromatic carbocycles. The summed E-state index contributed by atoms with van der Waals surface area (Å²) < 4.78 is 0. The maximum absolute atomic E-state index is 11.9. The molecule has 0 radical (unpaired) electrons. The van der Waals surface area contributed by atoms with E-state index in [-0.39, 0.29) is 11.9 Å². The molecule has 1 aromatic heterocycles. The maximum Gasteiger partial charge on any atom is 0.221 e. The van der Waals surface area contributed by atoms with E-state index in [4.69, 9.17) is 11.6 Å². The van der Waals surface area contributed by atoms with Gasteiger partial charge in [-0.1, -0.05) is 17.7 Å². The lowest BCUT2D eigenvalue weighted by molar-refractivity contribution is -0.121. The standard InChI is InChI=1S/C15H16ClNOS2/c1-11(14-3-2-9-20-14)17-15(18)8-10-19-13-6-4-12(16)5-7-13/h2-7,9,11H,8,10H2,1H3,(H,17,18). The number of carbonyl (C=O) groups excluding carboxylic acids is 1. The predicted octanol–water partition coefficient (Wildman–Crippen LogP) is 4.76. The van der Waals surface area contributed by atoms with Gasteiger partial charge in [-0.25, -0.2) is 0 Å². The second-order valence-electron chi connectivity index (χ2n) is 4.36. The third-order valence-electron chi connectivity index (χ3n) is 2.76. The van der Waals surface area contributed by atoms with E-state index in [1.165, 1.54) is 4.88 Å². The summed E-state index contributed by atoms with van der Waals surface area (Å²) in [6, 6.07) is 11.8. The lowest BCUT2D eigenvalue weighted by atomic mass is 10.2. The minimum absolute atomic E-state index is 0.0861. The van der Waals surface area contributed by atoms with Gasteiger partial charge in [-0.05, 0) is 42.6 Å². The first-order chi connectivity index (χ1) is 9.65. The quantitative estimate of drug-likeness (QED) is 0.776. The zero-order valence-electron chi connectivity index (χ0n) is 11.1. The van der Waals surface area contributed by atoms with E-state index < -0.39 is 0 Å². The first-order valence-electron chi connectivity index (χ1n) is 6.36. The Labute approximate surface area is 132 Å². The minimum atomic E-state index is 0.0861. The van der Waals surface area contributed by atoms with Gasteiger partial charge >= 0.3 is 0 Å². The van der Waals surface area contributed by atoms with Crippen LogP contribution in [0.3, 0.4) is 0 Å². The number of thioether (sulfide) groups is 1. The molecule has 0 aliphatic heterocycles. The number of nitrogens with one attached hydrogen (secondary N) is 1. The van der Waals surface area contributed by atoms with Crippen molar-refractivity contribution < 1.29 is 4.79 Å². The van der Waals surface area contributed by atoms with Crippen LogP contribution in [-0.2, 0) is 4.79 Å². The summed E-state index contributed by atoms with van der Waals surface area (Å²) in [6.45, 7) is 2.01. The monoisotopic (exact) mass is 325 g/mol. The van der Waals surface area contributed by atoms with Crippen molar-refractivity contribution in [1.29, 1.82) is 0 Å². The van der Waals surface area contributed by atoms with Crippen LogP contribution in [0, 0.1) is 0 Å². The Kier molecular flexibility index (Phi) is 5.95. The Morgan fingerprint density at radius 1 is 1.35 bits per heavy atom. The van der Waals surface area contributed by atoms with Gasteiger partial charge in [0.15, 0.2) is 0 Å². The number of hydrogen-bond acceptors (Lipinski definition) is 3. The second kappa shape index (κ2) is 7.72. The SMILES string of the molecule is CC(NC(=O)CCSc1ccc(Cl)cc1)c1cccs1. The van der Waals surface area contributed by atoms with Crippen molar-refractivity contribution in [3.8, 4) is 0 Å². The summed E-state index contributed by atoms with van der Waals surface area (Å²) in [6.07, 6.45) is 0.517. The average molecular weight is 326 g/mol. The van der Waals surface area contributed by atoms with Gasteiger partial charge in [0.2, 0.25) is 5.91 Å². The van der Waals surface area contributed by atoms with Crippen LogP contribution >= 0.6 is 34.7 Å². The van der Waals surface area contributed by atoms with Gasteiger partial charge in [-0.15, -0.1) is 23.1 Å². The van der Waals surface area contributed by atoms with E-state index in [1.54, 1.807) is 23.1 Å². The Morgan fingerprint density at radius 2 is 2.10 bits per heavy atom. The van der Waals surface area contributed by atoms with E-state index in [0.29, 0.717) is 6.42 Å². The Bertz CT molecular complexity index is 540. The molecule has 106 valence electrons. The third-order valence-corrected chi connectivity index (χ3v) is 5.08. The van der Waals surface area contributed by atoms with Gasteiger partial charge in [0.25, 0.3) is 0 Å². The molecule has 5 heteroatoms. The second-order valence-corrected chi connectivity index (χ2v) is 6.94. The number of thiophene rings is 1. The van der Waals surface area contributed by atoms with Crippen LogP contribution in [0.25, 0.3) is 0 Å². The molecule has 1 unspecified atom stereocenters. The molecular weight excluding hydrogens is 310 g/mol. The molecule has 2 aromatic rings. The molecule has 1 atom stereocenters. The Hall–Kier alpha value is -0.970. The predicted molar refractivity (Wildman–Crippen MR) is 87.7 cm³/mol. The summed E-state index contributed by atoms with van der Waals surface area (Å²) in [5.74, 6) is 0.859. The summed E-state index contributed by atoms with van der Waals surface area (Å²) in [4.78, 5) is 14.2. The molecule has 1 amide bonds. The number of carbonyl (C=O) groups is 1. The first-order valence-corrected chi connectivity index (χ1v) is 8.60. The molecule has 20 heavy (non-hydrogen) atoms. The van der Waals surface area contributed by atoms with Crippen LogP contribution in [0.2, 0.25) is 5.02 Å².